The number of piperidine rings is 1. The molecular weight excluding hydrogens is 256 g/mol. The van der Waals surface area contributed by atoms with Crippen molar-refractivity contribution >= 4 is 17.6 Å². The Bertz CT molecular complexity index is 445. The van der Waals surface area contributed by atoms with Gasteiger partial charge in [0.2, 0.25) is 0 Å². The highest BCUT2D eigenvalue weighted by Crippen LogP contribution is 2.22. The number of aromatic nitrogens is 2. The van der Waals surface area contributed by atoms with Crippen molar-refractivity contribution in [3.05, 3.63) is 12.1 Å². The number of anilines is 2. The lowest BCUT2D eigenvalue weighted by molar-refractivity contribution is -0.141. The molecule has 20 heavy (non-hydrogen) atoms. The second kappa shape index (κ2) is 6.54. The van der Waals surface area contributed by atoms with Gasteiger partial charge in [-0.15, -0.1) is 10.2 Å². The maximum Gasteiger partial charge on any atom is 0.308 e. The number of nitrogens with zero attached hydrogens (tertiary/aromatic N) is 4. The molecule has 1 aromatic rings. The predicted molar refractivity (Wildman–Crippen MR) is 78.2 cm³/mol. The first-order valence-corrected chi connectivity index (χ1v) is 7.22. The zero-order valence-electron chi connectivity index (χ0n) is 12.1. The fourth-order valence-corrected chi connectivity index (χ4v) is 2.59. The molecule has 0 aromatic carbocycles. The first-order chi connectivity index (χ1) is 9.65. The second-order valence-electron chi connectivity index (χ2n) is 5.05. The fraction of sp³-hybridized carbons (Fsp3) is 0.643. The van der Waals surface area contributed by atoms with Gasteiger partial charge in [0.15, 0.2) is 11.6 Å². The van der Waals surface area contributed by atoms with Crippen molar-refractivity contribution in [2.45, 2.75) is 26.7 Å². The number of hydrogen-bond acceptors (Lipinski definition) is 5. The van der Waals surface area contributed by atoms with Crippen LogP contribution in [0.3, 0.4) is 0 Å². The molecule has 0 spiro atoms. The van der Waals surface area contributed by atoms with Crippen LogP contribution in [0.1, 0.15) is 26.7 Å². The Morgan fingerprint density at radius 3 is 2.70 bits per heavy atom. The zero-order valence-corrected chi connectivity index (χ0v) is 12.1. The van der Waals surface area contributed by atoms with Crippen LogP contribution in [-0.2, 0) is 4.79 Å². The van der Waals surface area contributed by atoms with Gasteiger partial charge in [0.25, 0.3) is 0 Å². The van der Waals surface area contributed by atoms with E-state index < -0.39 is 5.97 Å². The van der Waals surface area contributed by atoms with Gasteiger partial charge in [-0.1, -0.05) is 0 Å². The third kappa shape index (κ3) is 3.18. The molecule has 0 bridgehead atoms. The number of rotatable bonds is 5. The van der Waals surface area contributed by atoms with E-state index in [1.807, 2.05) is 17.0 Å². The minimum atomic E-state index is -0.720. The Balaban J connectivity index is 2.07. The molecule has 0 radical (unpaired) electrons. The quantitative estimate of drug-likeness (QED) is 0.882. The number of aliphatic carboxylic acids is 1. The Morgan fingerprint density at radius 2 is 2.15 bits per heavy atom. The molecule has 6 heteroatoms. The van der Waals surface area contributed by atoms with E-state index in [0.29, 0.717) is 6.54 Å². The predicted octanol–water partition coefficient (Wildman–Crippen LogP) is 1.62. The minimum Gasteiger partial charge on any atom is -0.481 e. The maximum atomic E-state index is 11.1. The molecule has 2 heterocycles. The summed E-state index contributed by atoms with van der Waals surface area (Å²) in [6.07, 6.45) is 1.63. The Kier molecular flexibility index (Phi) is 4.76. The zero-order chi connectivity index (χ0) is 14.5. The van der Waals surface area contributed by atoms with Gasteiger partial charge in [0.1, 0.15) is 0 Å². The Labute approximate surface area is 119 Å². The first kappa shape index (κ1) is 14.6. The van der Waals surface area contributed by atoms with Crippen LogP contribution in [0.5, 0.6) is 0 Å². The summed E-state index contributed by atoms with van der Waals surface area (Å²) >= 11 is 0. The molecule has 0 amide bonds. The van der Waals surface area contributed by atoms with Gasteiger partial charge < -0.3 is 14.9 Å². The number of hydrogen-bond donors (Lipinski definition) is 1. The summed E-state index contributed by atoms with van der Waals surface area (Å²) in [7, 11) is 0. The lowest BCUT2D eigenvalue weighted by Crippen LogP contribution is -2.39. The van der Waals surface area contributed by atoms with Crippen molar-refractivity contribution in [1.29, 1.82) is 0 Å². The minimum absolute atomic E-state index is 0.298. The van der Waals surface area contributed by atoms with Gasteiger partial charge in [-0.25, -0.2) is 0 Å². The highest BCUT2D eigenvalue weighted by Gasteiger charge is 2.26. The molecule has 1 aliphatic heterocycles. The van der Waals surface area contributed by atoms with E-state index in [1.165, 1.54) is 0 Å². The molecule has 110 valence electrons. The van der Waals surface area contributed by atoms with Gasteiger partial charge in [-0.05, 0) is 38.8 Å². The van der Waals surface area contributed by atoms with Crippen molar-refractivity contribution in [2.24, 2.45) is 5.92 Å². The van der Waals surface area contributed by atoms with Crippen LogP contribution in [0.25, 0.3) is 0 Å². The smallest absolute Gasteiger partial charge is 0.308 e. The normalized spacial score (nSPS) is 18.9. The van der Waals surface area contributed by atoms with Crippen molar-refractivity contribution < 1.29 is 9.90 Å². The third-order valence-electron chi connectivity index (χ3n) is 3.82. The molecule has 1 fully saturated rings. The van der Waals surface area contributed by atoms with Crippen LogP contribution in [0.15, 0.2) is 12.1 Å². The van der Waals surface area contributed by atoms with Crippen LogP contribution in [-0.4, -0.2) is 47.5 Å². The van der Waals surface area contributed by atoms with Crippen LogP contribution < -0.4 is 9.80 Å². The van der Waals surface area contributed by atoms with Crippen LogP contribution >= 0.6 is 0 Å². The Morgan fingerprint density at radius 1 is 1.40 bits per heavy atom. The maximum absolute atomic E-state index is 11.1. The molecule has 1 N–H and O–H groups in total. The highest BCUT2D eigenvalue weighted by atomic mass is 16.4. The molecule has 0 aliphatic carbocycles. The molecule has 0 saturated carbocycles. The van der Waals surface area contributed by atoms with E-state index >= 15 is 0 Å². The van der Waals surface area contributed by atoms with E-state index in [0.717, 1.165) is 44.1 Å². The summed E-state index contributed by atoms with van der Waals surface area (Å²) in [6.45, 7) is 7.34. The molecule has 1 aromatic heterocycles. The SMILES string of the molecule is CCN(CC)c1ccc(N2CCCC(C(=O)O)C2)nn1. The van der Waals surface area contributed by atoms with Crippen LogP contribution in [0.2, 0.25) is 0 Å². The topological polar surface area (TPSA) is 69.6 Å². The summed E-state index contributed by atoms with van der Waals surface area (Å²) in [5.41, 5.74) is 0. The molecule has 1 unspecified atom stereocenters. The molecule has 1 saturated heterocycles. The van der Waals surface area contributed by atoms with Gasteiger partial charge in [-0.2, -0.15) is 0 Å². The van der Waals surface area contributed by atoms with Crippen molar-refractivity contribution in [2.75, 3.05) is 36.0 Å². The van der Waals surface area contributed by atoms with E-state index in [9.17, 15) is 4.79 Å². The fourth-order valence-electron chi connectivity index (χ4n) is 2.59. The van der Waals surface area contributed by atoms with Gasteiger partial charge in [0, 0.05) is 26.2 Å². The molecule has 6 nitrogen and oxygen atoms in total. The van der Waals surface area contributed by atoms with E-state index in [4.69, 9.17) is 5.11 Å². The lowest BCUT2D eigenvalue weighted by atomic mass is 9.98. The standard InChI is InChI=1S/C14H22N4O2/c1-3-17(4-2)12-7-8-13(16-15-12)18-9-5-6-11(10-18)14(19)20/h7-8,11H,3-6,9-10H2,1-2H3,(H,19,20). The van der Waals surface area contributed by atoms with Crippen molar-refractivity contribution in [3.63, 3.8) is 0 Å². The molecule has 1 atom stereocenters. The monoisotopic (exact) mass is 278 g/mol. The average molecular weight is 278 g/mol. The summed E-state index contributed by atoms with van der Waals surface area (Å²) in [5.74, 6) is 0.618. The van der Waals surface area contributed by atoms with Crippen LogP contribution in [0, 0.1) is 5.92 Å². The number of carbonyl (C=O) groups is 1. The summed E-state index contributed by atoms with van der Waals surface area (Å²) in [5, 5.41) is 17.6. The summed E-state index contributed by atoms with van der Waals surface area (Å²) in [6, 6.07) is 3.89. The average Bonchev–Trinajstić information content (AvgIpc) is 2.49. The van der Waals surface area contributed by atoms with Crippen molar-refractivity contribution in [1.82, 2.24) is 10.2 Å². The van der Waals surface area contributed by atoms with E-state index in [1.54, 1.807) is 0 Å². The second-order valence-corrected chi connectivity index (χ2v) is 5.05. The summed E-state index contributed by atoms with van der Waals surface area (Å²) < 4.78 is 0. The molecular formula is C14H22N4O2. The highest BCUT2D eigenvalue weighted by molar-refractivity contribution is 5.71. The Hall–Kier alpha value is -1.85. The third-order valence-corrected chi connectivity index (χ3v) is 3.82. The van der Waals surface area contributed by atoms with E-state index in [-0.39, 0.29) is 5.92 Å². The molecule has 1 aliphatic rings. The number of carboxylic acids is 1. The van der Waals surface area contributed by atoms with Gasteiger partial charge in [-0.3, -0.25) is 4.79 Å². The largest absolute Gasteiger partial charge is 0.481 e. The van der Waals surface area contributed by atoms with Crippen molar-refractivity contribution in [3.8, 4) is 0 Å². The summed E-state index contributed by atoms with van der Waals surface area (Å²) in [4.78, 5) is 15.2. The van der Waals surface area contributed by atoms with E-state index in [2.05, 4.69) is 28.9 Å². The first-order valence-electron chi connectivity index (χ1n) is 7.22. The van der Waals surface area contributed by atoms with Crippen LogP contribution in [0.4, 0.5) is 11.6 Å². The van der Waals surface area contributed by atoms with Gasteiger partial charge >= 0.3 is 5.97 Å². The lowest BCUT2D eigenvalue weighted by Gasteiger charge is -2.31. The number of carboxylic acid groups (broad SMARTS) is 1. The molecule has 2 rings (SSSR count). The van der Waals surface area contributed by atoms with Gasteiger partial charge in [0.05, 0.1) is 5.92 Å².